The van der Waals surface area contributed by atoms with Gasteiger partial charge in [0.1, 0.15) is 11.4 Å². The van der Waals surface area contributed by atoms with Gasteiger partial charge in [0, 0.05) is 42.5 Å². The molecule has 3 aromatic rings. The average molecular weight is 475 g/mol. The molecule has 10 heteroatoms. The van der Waals surface area contributed by atoms with E-state index in [-0.39, 0.29) is 23.6 Å². The maximum Gasteiger partial charge on any atom is 0.277 e. The van der Waals surface area contributed by atoms with E-state index < -0.39 is 5.91 Å². The number of piperidine rings is 1. The Kier molecular flexibility index (Phi) is 5.73. The van der Waals surface area contributed by atoms with Crippen LogP contribution in [0.4, 0.5) is 11.4 Å². The van der Waals surface area contributed by atoms with Crippen LogP contribution in [0.2, 0.25) is 0 Å². The van der Waals surface area contributed by atoms with E-state index in [0.29, 0.717) is 54.3 Å². The Balaban J connectivity index is 1.47. The second-order valence-electron chi connectivity index (χ2n) is 8.67. The third-order valence-electron chi connectivity index (χ3n) is 6.50. The molecule has 2 aliphatic rings. The first-order valence-corrected chi connectivity index (χ1v) is 11.4. The molecule has 1 aromatic heterocycles. The Morgan fingerprint density at radius 2 is 1.60 bits per heavy atom. The Morgan fingerprint density at radius 1 is 0.971 bits per heavy atom. The second-order valence-corrected chi connectivity index (χ2v) is 8.67. The Hall–Kier alpha value is -4.18. The Morgan fingerprint density at radius 3 is 2.20 bits per heavy atom. The first kappa shape index (κ1) is 22.6. The normalized spacial score (nSPS) is 17.9. The number of fused-ring (bicyclic) bond motifs is 1. The second kappa shape index (κ2) is 8.88. The van der Waals surface area contributed by atoms with E-state index in [1.807, 2.05) is 24.3 Å². The van der Waals surface area contributed by atoms with Gasteiger partial charge < -0.3 is 26.0 Å². The zero-order valence-electron chi connectivity index (χ0n) is 19.3. The molecule has 2 aliphatic heterocycles. The van der Waals surface area contributed by atoms with Gasteiger partial charge in [-0.2, -0.15) is 5.10 Å². The van der Waals surface area contributed by atoms with Crippen molar-refractivity contribution in [3.8, 4) is 11.4 Å². The summed E-state index contributed by atoms with van der Waals surface area (Å²) in [5.41, 5.74) is 14.5. The predicted octanol–water partition coefficient (Wildman–Crippen LogP) is 1.64. The number of hydrogen-bond acceptors (Lipinski definition) is 6. The van der Waals surface area contributed by atoms with Crippen molar-refractivity contribution in [2.24, 2.45) is 11.5 Å². The van der Waals surface area contributed by atoms with Crippen LogP contribution in [0, 0.1) is 0 Å². The van der Waals surface area contributed by atoms with Crippen molar-refractivity contribution in [3.05, 3.63) is 65.5 Å². The van der Waals surface area contributed by atoms with Crippen molar-refractivity contribution < 1.29 is 19.1 Å². The number of hydrogen-bond donors (Lipinski definition) is 2. The molecule has 0 saturated carbocycles. The van der Waals surface area contributed by atoms with Crippen molar-refractivity contribution in [1.29, 1.82) is 0 Å². The summed E-state index contributed by atoms with van der Waals surface area (Å²) in [5, 5.41) is 4.38. The number of primary amides is 1. The molecule has 4 N–H and O–H groups in total. The van der Waals surface area contributed by atoms with Crippen LogP contribution in [0.15, 0.2) is 48.5 Å². The number of methoxy groups -OCH3 is 1. The van der Waals surface area contributed by atoms with Crippen LogP contribution in [0.5, 0.6) is 5.75 Å². The molecule has 3 amide bonds. The van der Waals surface area contributed by atoms with Crippen LogP contribution >= 0.6 is 0 Å². The van der Waals surface area contributed by atoms with E-state index in [1.54, 1.807) is 41.2 Å². The molecule has 0 spiro atoms. The van der Waals surface area contributed by atoms with Crippen LogP contribution in [-0.4, -0.2) is 53.7 Å². The summed E-state index contributed by atoms with van der Waals surface area (Å²) >= 11 is 0. The molecule has 0 aliphatic carbocycles. The van der Waals surface area contributed by atoms with Crippen molar-refractivity contribution in [3.63, 3.8) is 0 Å². The summed E-state index contributed by atoms with van der Waals surface area (Å²) < 4.78 is 6.68. The standard InChI is InChI=1S/C25H26N6O4/c1-35-19-8-6-18(7-9-19)31-23-20(22(28-31)24(27)33)11-13-30(25(23)34)17-4-2-16(3-5-17)29-12-10-15(26)14-21(29)32/h2-9,15H,10-14,26H2,1H3,(H2,27,33). The minimum atomic E-state index is -0.676. The van der Waals surface area contributed by atoms with Crippen molar-refractivity contribution in [1.82, 2.24) is 9.78 Å². The molecule has 5 rings (SSSR count). The van der Waals surface area contributed by atoms with Crippen LogP contribution < -0.4 is 26.0 Å². The summed E-state index contributed by atoms with van der Waals surface area (Å²) in [7, 11) is 1.57. The lowest BCUT2D eigenvalue weighted by atomic mass is 10.0. The minimum Gasteiger partial charge on any atom is -0.497 e. The van der Waals surface area contributed by atoms with Crippen LogP contribution in [0.1, 0.15) is 39.4 Å². The molecule has 10 nitrogen and oxygen atoms in total. The topological polar surface area (TPSA) is 137 Å². The molecular formula is C25H26N6O4. The van der Waals surface area contributed by atoms with Crippen molar-refractivity contribution >= 4 is 29.1 Å². The third kappa shape index (κ3) is 4.01. The number of amides is 3. The van der Waals surface area contributed by atoms with Gasteiger partial charge in [-0.15, -0.1) is 0 Å². The number of carbonyl (C=O) groups excluding carboxylic acids is 3. The molecule has 1 unspecified atom stereocenters. The number of nitrogens with zero attached hydrogens (tertiary/aromatic N) is 4. The minimum absolute atomic E-state index is 0.00225. The highest BCUT2D eigenvalue weighted by molar-refractivity contribution is 6.09. The van der Waals surface area contributed by atoms with Gasteiger partial charge in [-0.1, -0.05) is 0 Å². The van der Waals surface area contributed by atoms with Crippen LogP contribution in [0.25, 0.3) is 5.69 Å². The van der Waals surface area contributed by atoms with E-state index >= 15 is 0 Å². The molecule has 3 heterocycles. The maximum absolute atomic E-state index is 13.7. The van der Waals surface area contributed by atoms with Gasteiger partial charge in [-0.25, -0.2) is 4.68 Å². The zero-order chi connectivity index (χ0) is 24.7. The first-order valence-electron chi connectivity index (χ1n) is 11.4. The molecule has 1 fully saturated rings. The number of aromatic nitrogens is 2. The highest BCUT2D eigenvalue weighted by Crippen LogP contribution is 2.31. The summed E-state index contributed by atoms with van der Waals surface area (Å²) in [4.78, 5) is 41.5. The highest BCUT2D eigenvalue weighted by atomic mass is 16.5. The van der Waals surface area contributed by atoms with Gasteiger partial charge in [0.2, 0.25) is 5.91 Å². The first-order chi connectivity index (χ1) is 16.9. The van der Waals surface area contributed by atoms with Gasteiger partial charge in [0.25, 0.3) is 11.8 Å². The number of nitrogens with two attached hydrogens (primary N) is 2. The molecule has 0 radical (unpaired) electrons. The fourth-order valence-electron chi connectivity index (χ4n) is 4.66. The lowest BCUT2D eigenvalue weighted by Crippen LogP contribution is -2.44. The van der Waals surface area contributed by atoms with Gasteiger partial charge in [-0.05, 0) is 61.4 Å². The smallest absolute Gasteiger partial charge is 0.277 e. The van der Waals surface area contributed by atoms with E-state index in [4.69, 9.17) is 16.2 Å². The SMILES string of the molecule is COc1ccc(-n2nc(C(N)=O)c3c2C(=O)N(c2ccc(N4CCC(N)CC4=O)cc2)CC3)cc1. The molecule has 180 valence electrons. The Bertz CT molecular complexity index is 1300. The molecular weight excluding hydrogens is 448 g/mol. The number of carbonyl (C=O) groups is 3. The summed E-state index contributed by atoms with van der Waals surface area (Å²) in [6.45, 7) is 0.944. The quantitative estimate of drug-likeness (QED) is 0.577. The fourth-order valence-corrected chi connectivity index (χ4v) is 4.66. The van der Waals surface area contributed by atoms with Crippen molar-refractivity contribution in [2.45, 2.75) is 25.3 Å². The van der Waals surface area contributed by atoms with E-state index in [1.165, 1.54) is 4.68 Å². The summed E-state index contributed by atoms with van der Waals surface area (Å²) in [5.74, 6) is -0.301. The van der Waals surface area contributed by atoms with Gasteiger partial charge >= 0.3 is 0 Å². The number of ether oxygens (including phenoxy) is 1. The lowest BCUT2D eigenvalue weighted by molar-refractivity contribution is -0.119. The highest BCUT2D eigenvalue weighted by Gasteiger charge is 2.34. The van der Waals surface area contributed by atoms with Crippen LogP contribution in [-0.2, 0) is 11.2 Å². The number of benzene rings is 2. The molecule has 1 atom stereocenters. The largest absolute Gasteiger partial charge is 0.497 e. The van der Waals surface area contributed by atoms with E-state index in [0.717, 1.165) is 12.1 Å². The summed E-state index contributed by atoms with van der Waals surface area (Å²) in [6.07, 6.45) is 1.50. The Labute approximate surface area is 202 Å². The van der Waals surface area contributed by atoms with E-state index in [9.17, 15) is 14.4 Å². The molecule has 0 bridgehead atoms. The van der Waals surface area contributed by atoms with E-state index in [2.05, 4.69) is 5.10 Å². The molecule has 1 saturated heterocycles. The molecule has 2 aromatic carbocycles. The predicted molar refractivity (Wildman–Crippen MR) is 130 cm³/mol. The van der Waals surface area contributed by atoms with Gasteiger partial charge in [0.15, 0.2) is 5.69 Å². The monoisotopic (exact) mass is 474 g/mol. The fraction of sp³-hybridized carbons (Fsp3) is 0.280. The lowest BCUT2D eigenvalue weighted by Gasteiger charge is -2.31. The zero-order valence-corrected chi connectivity index (χ0v) is 19.3. The molecule has 35 heavy (non-hydrogen) atoms. The van der Waals surface area contributed by atoms with Gasteiger partial charge in [-0.3, -0.25) is 14.4 Å². The summed E-state index contributed by atoms with van der Waals surface area (Å²) in [6, 6.07) is 14.3. The van der Waals surface area contributed by atoms with Gasteiger partial charge in [0.05, 0.1) is 12.8 Å². The third-order valence-corrected chi connectivity index (χ3v) is 6.50. The average Bonchev–Trinajstić information content (AvgIpc) is 3.26. The maximum atomic E-state index is 13.7. The van der Waals surface area contributed by atoms with Crippen molar-refractivity contribution in [2.75, 3.05) is 30.0 Å². The number of anilines is 2. The number of rotatable bonds is 5. The van der Waals surface area contributed by atoms with Crippen LogP contribution in [0.3, 0.4) is 0 Å².